The van der Waals surface area contributed by atoms with Crippen molar-refractivity contribution in [2.75, 3.05) is 0 Å². The molecule has 2 rings (SSSR count). The maximum atomic E-state index is 13.1. The first-order valence-electron chi connectivity index (χ1n) is 6.20. The van der Waals surface area contributed by atoms with Crippen LogP contribution in [0.3, 0.4) is 0 Å². The van der Waals surface area contributed by atoms with Gasteiger partial charge in [0.05, 0.1) is 0 Å². The van der Waals surface area contributed by atoms with Crippen molar-refractivity contribution in [2.24, 2.45) is 0 Å². The Morgan fingerprint density at radius 3 is 2.22 bits per heavy atom. The van der Waals surface area contributed by atoms with Crippen LogP contribution in [0.4, 0.5) is 17.6 Å². The molecule has 0 spiro atoms. The summed E-state index contributed by atoms with van der Waals surface area (Å²) < 4.78 is 63.4. The van der Waals surface area contributed by atoms with Gasteiger partial charge < -0.3 is 14.2 Å². The SMILES string of the molecule is CC1(C)OC(=O)C(=Cc2ccc(F)cc2OC(F)(F)F)C(=O)O1. The lowest BCUT2D eigenvalue weighted by Gasteiger charge is -2.29. The summed E-state index contributed by atoms with van der Waals surface area (Å²) in [5, 5.41) is 0. The van der Waals surface area contributed by atoms with Gasteiger partial charge in [-0.3, -0.25) is 0 Å². The molecule has 9 heteroatoms. The van der Waals surface area contributed by atoms with Gasteiger partial charge in [0.15, 0.2) is 0 Å². The molecule has 1 saturated heterocycles. The van der Waals surface area contributed by atoms with Crippen molar-refractivity contribution < 1.29 is 41.4 Å². The minimum absolute atomic E-state index is 0.340. The number of ether oxygens (including phenoxy) is 3. The zero-order chi connectivity index (χ0) is 17.4. The number of alkyl halides is 3. The summed E-state index contributed by atoms with van der Waals surface area (Å²) in [6.45, 7) is 2.63. The molecule has 0 saturated carbocycles. The van der Waals surface area contributed by atoms with Crippen LogP contribution >= 0.6 is 0 Å². The minimum atomic E-state index is -5.07. The zero-order valence-corrected chi connectivity index (χ0v) is 11.9. The van der Waals surface area contributed by atoms with E-state index < -0.39 is 41.2 Å². The number of rotatable bonds is 2. The second kappa shape index (κ2) is 5.56. The van der Waals surface area contributed by atoms with Crippen LogP contribution in [0, 0.1) is 5.82 Å². The Morgan fingerprint density at radius 2 is 1.70 bits per heavy atom. The van der Waals surface area contributed by atoms with Crippen LogP contribution in [0.15, 0.2) is 23.8 Å². The molecule has 0 unspecified atom stereocenters. The van der Waals surface area contributed by atoms with Crippen LogP contribution in [-0.4, -0.2) is 24.1 Å². The van der Waals surface area contributed by atoms with Gasteiger partial charge >= 0.3 is 18.3 Å². The highest BCUT2D eigenvalue weighted by atomic mass is 19.4. The van der Waals surface area contributed by atoms with E-state index in [0.29, 0.717) is 6.07 Å². The fourth-order valence-corrected chi connectivity index (χ4v) is 1.77. The van der Waals surface area contributed by atoms with E-state index in [1.54, 1.807) is 0 Å². The molecular weight excluding hydrogens is 324 g/mol. The third-order valence-corrected chi connectivity index (χ3v) is 2.62. The quantitative estimate of drug-likeness (QED) is 0.360. The summed E-state index contributed by atoms with van der Waals surface area (Å²) in [4.78, 5) is 23.5. The zero-order valence-electron chi connectivity index (χ0n) is 11.9. The normalized spacial score (nSPS) is 17.4. The highest BCUT2D eigenvalue weighted by Crippen LogP contribution is 2.31. The van der Waals surface area contributed by atoms with Crippen LogP contribution in [0.2, 0.25) is 0 Å². The molecule has 1 aromatic rings. The van der Waals surface area contributed by atoms with Crippen LogP contribution in [-0.2, 0) is 19.1 Å². The first-order valence-corrected chi connectivity index (χ1v) is 6.20. The maximum Gasteiger partial charge on any atom is 0.573 e. The molecule has 0 aliphatic carbocycles. The van der Waals surface area contributed by atoms with Gasteiger partial charge in [-0.1, -0.05) is 0 Å². The van der Waals surface area contributed by atoms with Crippen molar-refractivity contribution >= 4 is 18.0 Å². The number of carbonyl (C=O) groups excluding carboxylic acids is 2. The maximum absolute atomic E-state index is 13.1. The van der Waals surface area contributed by atoms with Crippen LogP contribution < -0.4 is 4.74 Å². The highest BCUT2D eigenvalue weighted by Gasteiger charge is 2.39. The monoisotopic (exact) mass is 334 g/mol. The fraction of sp³-hybridized carbons (Fsp3) is 0.286. The summed E-state index contributed by atoms with van der Waals surface area (Å²) in [5.41, 5.74) is -0.977. The standard InChI is InChI=1S/C14H10F4O5/c1-13(2)22-11(19)9(12(20)23-13)5-7-3-4-8(15)6-10(7)21-14(16,17)18/h3-6H,1-2H3. The Labute approximate surface area is 127 Å². The molecule has 0 aromatic heterocycles. The fourth-order valence-electron chi connectivity index (χ4n) is 1.77. The van der Waals surface area contributed by atoms with E-state index in [9.17, 15) is 27.2 Å². The van der Waals surface area contributed by atoms with Crippen LogP contribution in [0.25, 0.3) is 6.08 Å². The molecule has 1 aliphatic rings. The van der Waals surface area contributed by atoms with Crippen molar-refractivity contribution in [2.45, 2.75) is 26.0 Å². The lowest BCUT2D eigenvalue weighted by Crippen LogP contribution is -2.41. The third-order valence-electron chi connectivity index (χ3n) is 2.62. The number of hydrogen-bond acceptors (Lipinski definition) is 5. The molecule has 1 heterocycles. The number of hydrogen-bond donors (Lipinski definition) is 0. The van der Waals surface area contributed by atoms with Crippen molar-refractivity contribution in [3.63, 3.8) is 0 Å². The average Bonchev–Trinajstić information content (AvgIpc) is 2.32. The Hall–Kier alpha value is -2.58. The van der Waals surface area contributed by atoms with Crippen molar-refractivity contribution in [3.8, 4) is 5.75 Å². The molecule has 5 nitrogen and oxygen atoms in total. The summed E-state index contributed by atoms with van der Waals surface area (Å²) in [5.74, 6) is -5.53. The van der Waals surface area contributed by atoms with Gasteiger partial charge in [-0.25, -0.2) is 14.0 Å². The number of esters is 2. The van der Waals surface area contributed by atoms with Gasteiger partial charge in [0.1, 0.15) is 17.1 Å². The third kappa shape index (κ3) is 4.21. The molecule has 1 fully saturated rings. The van der Waals surface area contributed by atoms with Gasteiger partial charge in [-0.2, -0.15) is 0 Å². The predicted octanol–water partition coefficient (Wildman–Crippen LogP) is 2.94. The first kappa shape index (κ1) is 16.8. The number of carbonyl (C=O) groups is 2. The van der Waals surface area contributed by atoms with Gasteiger partial charge in [-0.05, 0) is 18.2 Å². The highest BCUT2D eigenvalue weighted by molar-refractivity contribution is 6.19. The van der Waals surface area contributed by atoms with E-state index in [2.05, 4.69) is 4.74 Å². The Balaban J connectivity index is 2.43. The predicted molar refractivity (Wildman–Crippen MR) is 67.3 cm³/mol. The molecule has 0 amide bonds. The van der Waals surface area contributed by atoms with E-state index in [-0.39, 0.29) is 5.56 Å². The summed E-state index contributed by atoms with van der Waals surface area (Å²) >= 11 is 0. The molecular formula is C14H10F4O5. The van der Waals surface area contributed by atoms with E-state index in [1.807, 2.05) is 0 Å². The minimum Gasteiger partial charge on any atom is -0.419 e. The number of halogens is 4. The summed E-state index contributed by atoms with van der Waals surface area (Å²) in [6, 6.07) is 2.24. The van der Waals surface area contributed by atoms with Crippen LogP contribution in [0.1, 0.15) is 19.4 Å². The van der Waals surface area contributed by atoms with E-state index in [1.165, 1.54) is 13.8 Å². The van der Waals surface area contributed by atoms with E-state index in [4.69, 9.17) is 9.47 Å². The average molecular weight is 334 g/mol. The van der Waals surface area contributed by atoms with Crippen LogP contribution in [0.5, 0.6) is 5.75 Å². The summed E-state index contributed by atoms with van der Waals surface area (Å²) in [7, 11) is 0. The van der Waals surface area contributed by atoms with Gasteiger partial charge in [0, 0.05) is 25.5 Å². The largest absolute Gasteiger partial charge is 0.573 e. The van der Waals surface area contributed by atoms with E-state index >= 15 is 0 Å². The second-order valence-electron chi connectivity index (χ2n) is 4.97. The Kier molecular flexibility index (Phi) is 4.06. The summed E-state index contributed by atoms with van der Waals surface area (Å²) in [6.07, 6.45) is -4.29. The second-order valence-corrected chi connectivity index (χ2v) is 4.97. The molecule has 1 aliphatic heterocycles. The van der Waals surface area contributed by atoms with Gasteiger partial charge in [0.25, 0.3) is 5.79 Å². The molecule has 1 aromatic carbocycles. The molecule has 124 valence electrons. The van der Waals surface area contributed by atoms with Crippen molar-refractivity contribution in [1.29, 1.82) is 0 Å². The Bertz CT molecular complexity index is 669. The smallest absolute Gasteiger partial charge is 0.419 e. The van der Waals surface area contributed by atoms with Gasteiger partial charge in [-0.15, -0.1) is 13.2 Å². The molecule has 0 atom stereocenters. The van der Waals surface area contributed by atoms with Gasteiger partial charge in [0.2, 0.25) is 0 Å². The molecule has 0 bridgehead atoms. The number of cyclic esters (lactones) is 2. The molecule has 0 N–H and O–H groups in total. The van der Waals surface area contributed by atoms with E-state index in [0.717, 1.165) is 18.2 Å². The first-order chi connectivity index (χ1) is 10.5. The molecule has 23 heavy (non-hydrogen) atoms. The van der Waals surface area contributed by atoms with Crippen molar-refractivity contribution in [3.05, 3.63) is 35.2 Å². The number of benzene rings is 1. The van der Waals surface area contributed by atoms with Crippen molar-refractivity contribution in [1.82, 2.24) is 0 Å². The Morgan fingerprint density at radius 1 is 1.13 bits per heavy atom. The lowest BCUT2D eigenvalue weighted by molar-refractivity contribution is -0.274. The lowest BCUT2D eigenvalue weighted by atomic mass is 10.1. The topological polar surface area (TPSA) is 61.8 Å². The molecule has 0 radical (unpaired) electrons.